The molecular formula is C11H13N3O2S2. The van der Waals surface area contributed by atoms with Gasteiger partial charge < -0.3 is 5.32 Å². The summed E-state index contributed by atoms with van der Waals surface area (Å²) in [6.07, 6.45) is 0. The topological polar surface area (TPSA) is 71.1 Å². The molecule has 0 bridgehead atoms. The van der Waals surface area contributed by atoms with Crippen molar-refractivity contribution in [1.82, 2.24) is 4.98 Å². The average molecular weight is 283 g/mol. The molecule has 96 valence electrons. The van der Waals surface area contributed by atoms with Crippen molar-refractivity contribution in [2.45, 2.75) is 11.8 Å². The van der Waals surface area contributed by atoms with E-state index in [0.29, 0.717) is 10.8 Å². The predicted molar refractivity (Wildman–Crippen MR) is 73.6 cm³/mol. The summed E-state index contributed by atoms with van der Waals surface area (Å²) in [6, 6.07) is 6.72. The van der Waals surface area contributed by atoms with Crippen LogP contribution in [0.25, 0.3) is 0 Å². The molecule has 2 rings (SSSR count). The largest absolute Gasteiger partial charge is 0.387 e. The number of rotatable bonds is 4. The number of aromatic nitrogens is 1. The third-order valence-corrected chi connectivity index (χ3v) is 4.69. The quantitative estimate of drug-likeness (QED) is 0.903. The summed E-state index contributed by atoms with van der Waals surface area (Å²) in [6.45, 7) is 1.82. The van der Waals surface area contributed by atoms with Gasteiger partial charge in [0.25, 0.3) is 10.0 Å². The highest BCUT2D eigenvalue weighted by Crippen LogP contribution is 2.24. The summed E-state index contributed by atoms with van der Waals surface area (Å²) < 4.78 is 26.9. The molecule has 0 saturated carbocycles. The van der Waals surface area contributed by atoms with Gasteiger partial charge in [-0.05, 0) is 19.1 Å². The van der Waals surface area contributed by atoms with Crippen molar-refractivity contribution in [2.24, 2.45) is 0 Å². The van der Waals surface area contributed by atoms with Crippen LogP contribution in [0.3, 0.4) is 0 Å². The van der Waals surface area contributed by atoms with Crippen LogP contribution in [0.1, 0.15) is 5.69 Å². The molecule has 18 heavy (non-hydrogen) atoms. The Labute approximate surface area is 110 Å². The highest BCUT2D eigenvalue weighted by Gasteiger charge is 2.18. The smallest absolute Gasteiger partial charge is 0.265 e. The van der Waals surface area contributed by atoms with Crippen molar-refractivity contribution < 1.29 is 8.42 Å². The van der Waals surface area contributed by atoms with Gasteiger partial charge in [0.05, 0.1) is 11.4 Å². The first-order valence-corrected chi connectivity index (χ1v) is 7.61. The van der Waals surface area contributed by atoms with Crippen molar-refractivity contribution in [1.29, 1.82) is 0 Å². The fourth-order valence-corrected chi connectivity index (χ4v) is 3.63. The molecule has 2 N–H and O–H groups in total. The Morgan fingerprint density at radius 2 is 2.00 bits per heavy atom. The zero-order chi connectivity index (χ0) is 13.2. The fraction of sp³-hybridized carbons (Fsp3) is 0.182. The SMILES string of the molecule is CNc1ccccc1S(=O)(=O)Nc1nc(C)cs1. The van der Waals surface area contributed by atoms with Crippen molar-refractivity contribution in [2.75, 3.05) is 17.1 Å². The number of sulfonamides is 1. The van der Waals surface area contributed by atoms with E-state index in [-0.39, 0.29) is 4.90 Å². The van der Waals surface area contributed by atoms with Crippen LogP contribution in [0, 0.1) is 6.92 Å². The Hall–Kier alpha value is -1.60. The molecule has 0 fully saturated rings. The maximum atomic E-state index is 12.2. The van der Waals surface area contributed by atoms with Crippen LogP contribution in [-0.2, 0) is 10.0 Å². The standard InChI is InChI=1S/C11H13N3O2S2/c1-8-7-17-11(13-8)14-18(15,16)10-6-4-3-5-9(10)12-2/h3-7,12H,1-2H3,(H,13,14). The second kappa shape index (κ2) is 4.95. The van der Waals surface area contributed by atoms with E-state index in [2.05, 4.69) is 15.0 Å². The predicted octanol–water partition coefficient (Wildman–Crippen LogP) is 2.29. The Morgan fingerprint density at radius 1 is 1.28 bits per heavy atom. The molecule has 0 radical (unpaired) electrons. The van der Waals surface area contributed by atoms with E-state index in [1.54, 1.807) is 36.7 Å². The second-order valence-corrected chi connectivity index (χ2v) is 6.15. The third kappa shape index (κ3) is 2.62. The van der Waals surface area contributed by atoms with Gasteiger partial charge >= 0.3 is 0 Å². The Morgan fingerprint density at radius 3 is 2.61 bits per heavy atom. The van der Waals surface area contributed by atoms with Gasteiger partial charge in [0.15, 0.2) is 5.13 Å². The molecule has 5 nitrogen and oxygen atoms in total. The Bertz CT molecular complexity index is 650. The van der Waals surface area contributed by atoms with Gasteiger partial charge in [0.1, 0.15) is 4.90 Å². The van der Waals surface area contributed by atoms with Crippen LogP contribution < -0.4 is 10.0 Å². The van der Waals surface area contributed by atoms with Gasteiger partial charge in [-0.2, -0.15) is 0 Å². The molecule has 0 aliphatic heterocycles. The van der Waals surface area contributed by atoms with E-state index in [0.717, 1.165) is 5.69 Å². The average Bonchev–Trinajstić information content (AvgIpc) is 2.74. The van der Waals surface area contributed by atoms with Crippen LogP contribution in [0.15, 0.2) is 34.5 Å². The minimum Gasteiger partial charge on any atom is -0.387 e. The molecule has 0 spiro atoms. The van der Waals surface area contributed by atoms with E-state index in [1.165, 1.54) is 11.3 Å². The van der Waals surface area contributed by atoms with Gasteiger partial charge in [-0.3, -0.25) is 4.72 Å². The number of hydrogen-bond acceptors (Lipinski definition) is 5. The van der Waals surface area contributed by atoms with Crippen LogP contribution in [0.5, 0.6) is 0 Å². The molecule has 0 amide bonds. The lowest BCUT2D eigenvalue weighted by atomic mass is 10.3. The third-order valence-electron chi connectivity index (χ3n) is 2.29. The molecule has 0 aliphatic rings. The fourth-order valence-electron chi connectivity index (χ4n) is 1.48. The normalized spacial score (nSPS) is 11.2. The summed E-state index contributed by atoms with van der Waals surface area (Å²) in [4.78, 5) is 4.29. The maximum absolute atomic E-state index is 12.2. The number of anilines is 2. The lowest BCUT2D eigenvalue weighted by molar-refractivity contribution is 0.601. The van der Waals surface area contributed by atoms with Crippen molar-refractivity contribution in [3.8, 4) is 0 Å². The van der Waals surface area contributed by atoms with Crippen molar-refractivity contribution >= 4 is 32.2 Å². The Kier molecular flexibility index (Phi) is 3.53. The second-order valence-electron chi connectivity index (χ2n) is 3.65. The summed E-state index contributed by atoms with van der Waals surface area (Å²) in [5, 5.41) is 5.02. The lowest BCUT2D eigenvalue weighted by Crippen LogP contribution is -2.14. The molecule has 0 atom stereocenters. The van der Waals surface area contributed by atoms with E-state index < -0.39 is 10.0 Å². The highest BCUT2D eigenvalue weighted by atomic mass is 32.2. The number of nitrogens with zero attached hydrogens (tertiary/aromatic N) is 1. The zero-order valence-electron chi connectivity index (χ0n) is 9.97. The first kappa shape index (κ1) is 12.8. The van der Waals surface area contributed by atoms with Gasteiger partial charge in [0, 0.05) is 12.4 Å². The minimum absolute atomic E-state index is 0.209. The van der Waals surface area contributed by atoms with E-state index in [9.17, 15) is 8.42 Å². The first-order chi connectivity index (χ1) is 8.53. The van der Waals surface area contributed by atoms with E-state index in [4.69, 9.17) is 0 Å². The van der Waals surface area contributed by atoms with Crippen molar-refractivity contribution in [3.63, 3.8) is 0 Å². The molecule has 1 heterocycles. The van der Waals surface area contributed by atoms with Crippen LogP contribution in [0.2, 0.25) is 0 Å². The highest BCUT2D eigenvalue weighted by molar-refractivity contribution is 7.93. The molecule has 0 aliphatic carbocycles. The summed E-state index contributed by atoms with van der Waals surface area (Å²) in [5.41, 5.74) is 1.35. The van der Waals surface area contributed by atoms with Gasteiger partial charge in [0.2, 0.25) is 0 Å². The molecular weight excluding hydrogens is 270 g/mol. The van der Waals surface area contributed by atoms with E-state index >= 15 is 0 Å². The summed E-state index contributed by atoms with van der Waals surface area (Å²) in [7, 11) is -1.92. The van der Waals surface area contributed by atoms with Gasteiger partial charge in [-0.25, -0.2) is 13.4 Å². The maximum Gasteiger partial charge on any atom is 0.265 e. The molecule has 1 aromatic heterocycles. The lowest BCUT2D eigenvalue weighted by Gasteiger charge is -2.09. The summed E-state index contributed by atoms with van der Waals surface area (Å²) >= 11 is 1.26. The van der Waals surface area contributed by atoms with Crippen LogP contribution >= 0.6 is 11.3 Å². The van der Waals surface area contributed by atoms with Crippen LogP contribution in [-0.4, -0.2) is 20.4 Å². The number of thiazole rings is 1. The monoisotopic (exact) mass is 283 g/mol. The Balaban J connectivity index is 2.36. The molecule has 2 aromatic rings. The van der Waals surface area contributed by atoms with Gasteiger partial charge in [-0.1, -0.05) is 12.1 Å². The minimum atomic E-state index is -3.61. The number of aryl methyl sites for hydroxylation is 1. The first-order valence-electron chi connectivity index (χ1n) is 5.24. The number of nitrogens with one attached hydrogen (secondary N) is 2. The molecule has 0 unspecified atom stereocenters. The zero-order valence-corrected chi connectivity index (χ0v) is 11.6. The number of hydrogen-bond donors (Lipinski definition) is 2. The van der Waals surface area contributed by atoms with Crippen LogP contribution in [0.4, 0.5) is 10.8 Å². The number of para-hydroxylation sites is 1. The van der Waals surface area contributed by atoms with Gasteiger partial charge in [-0.15, -0.1) is 11.3 Å². The molecule has 1 aromatic carbocycles. The molecule has 0 saturated heterocycles. The van der Waals surface area contributed by atoms with E-state index in [1.807, 2.05) is 6.92 Å². The summed E-state index contributed by atoms with van der Waals surface area (Å²) in [5.74, 6) is 0. The number of benzene rings is 1. The van der Waals surface area contributed by atoms with Crippen molar-refractivity contribution in [3.05, 3.63) is 35.3 Å². The molecule has 7 heteroatoms.